The number of para-hydroxylation sites is 2. The number of nitrogens with one attached hydrogen (secondary N) is 1. The molecule has 0 fully saturated rings. The lowest BCUT2D eigenvalue weighted by atomic mass is 10.1. The van der Waals surface area contributed by atoms with Crippen LogP contribution in [0.25, 0.3) is 0 Å². The van der Waals surface area contributed by atoms with E-state index in [4.69, 9.17) is 4.74 Å². The van der Waals surface area contributed by atoms with E-state index in [-0.39, 0.29) is 18.2 Å². The van der Waals surface area contributed by atoms with Crippen LogP contribution in [-0.2, 0) is 16.0 Å². The summed E-state index contributed by atoms with van der Waals surface area (Å²) in [5.41, 5.74) is 3.31. The maximum atomic E-state index is 12.4. The number of rotatable bonds is 5. The van der Waals surface area contributed by atoms with Crippen LogP contribution in [0.5, 0.6) is 5.75 Å². The van der Waals surface area contributed by atoms with Crippen molar-refractivity contribution in [2.24, 2.45) is 0 Å². The quantitative estimate of drug-likeness (QED) is 0.904. The van der Waals surface area contributed by atoms with Gasteiger partial charge < -0.3 is 15.0 Å². The highest BCUT2D eigenvalue weighted by Gasteiger charge is 2.31. The number of aromatic nitrogens is 1. The SMILES string of the molecule is CCc1ncsc1NC(=O)CCN1C(=O)[C@@H](C)Oc2ccccc21. The van der Waals surface area contributed by atoms with E-state index < -0.39 is 6.10 Å². The van der Waals surface area contributed by atoms with Gasteiger partial charge in [-0.05, 0) is 25.5 Å². The lowest BCUT2D eigenvalue weighted by Crippen LogP contribution is -2.45. The molecule has 6 nitrogen and oxygen atoms in total. The van der Waals surface area contributed by atoms with Gasteiger partial charge in [-0.15, -0.1) is 11.3 Å². The Balaban J connectivity index is 1.67. The first-order valence-corrected chi connectivity index (χ1v) is 8.77. The van der Waals surface area contributed by atoms with Gasteiger partial charge in [-0.25, -0.2) is 4.98 Å². The van der Waals surface area contributed by atoms with Crippen molar-refractivity contribution < 1.29 is 14.3 Å². The van der Waals surface area contributed by atoms with Gasteiger partial charge in [-0.3, -0.25) is 9.59 Å². The monoisotopic (exact) mass is 345 g/mol. The highest BCUT2D eigenvalue weighted by atomic mass is 32.1. The minimum atomic E-state index is -0.545. The molecule has 0 spiro atoms. The Bertz CT molecular complexity index is 759. The molecule has 1 aliphatic heterocycles. The third-order valence-corrected chi connectivity index (χ3v) is 4.65. The van der Waals surface area contributed by atoms with Crippen LogP contribution in [0.2, 0.25) is 0 Å². The molecule has 0 saturated heterocycles. The van der Waals surface area contributed by atoms with E-state index in [1.165, 1.54) is 11.3 Å². The lowest BCUT2D eigenvalue weighted by Gasteiger charge is -2.32. The van der Waals surface area contributed by atoms with Crippen LogP contribution in [0, 0.1) is 0 Å². The summed E-state index contributed by atoms with van der Waals surface area (Å²) < 4.78 is 5.60. The van der Waals surface area contributed by atoms with Gasteiger partial charge in [0.05, 0.1) is 16.9 Å². The number of carbonyl (C=O) groups excluding carboxylic acids is 2. The fraction of sp³-hybridized carbons (Fsp3) is 0.353. The average molecular weight is 345 g/mol. The van der Waals surface area contributed by atoms with E-state index in [2.05, 4.69) is 10.3 Å². The molecule has 0 saturated carbocycles. The van der Waals surface area contributed by atoms with Gasteiger partial charge in [0.2, 0.25) is 5.91 Å². The summed E-state index contributed by atoms with van der Waals surface area (Å²) in [4.78, 5) is 30.4. The van der Waals surface area contributed by atoms with E-state index in [1.807, 2.05) is 31.2 Å². The summed E-state index contributed by atoms with van der Waals surface area (Å²) in [6.45, 7) is 4.03. The minimum absolute atomic E-state index is 0.127. The van der Waals surface area contributed by atoms with Gasteiger partial charge in [0.15, 0.2) is 6.10 Å². The third kappa shape index (κ3) is 3.26. The summed E-state index contributed by atoms with van der Waals surface area (Å²) in [5.74, 6) is 0.410. The largest absolute Gasteiger partial charge is 0.479 e. The van der Waals surface area contributed by atoms with Crippen LogP contribution < -0.4 is 15.0 Å². The van der Waals surface area contributed by atoms with Crippen molar-refractivity contribution in [1.82, 2.24) is 4.98 Å². The third-order valence-electron chi connectivity index (χ3n) is 3.87. The zero-order valence-electron chi connectivity index (χ0n) is 13.6. The van der Waals surface area contributed by atoms with Gasteiger partial charge in [0, 0.05) is 13.0 Å². The molecule has 126 valence electrons. The number of aryl methyl sites for hydroxylation is 1. The molecule has 24 heavy (non-hydrogen) atoms. The fourth-order valence-electron chi connectivity index (χ4n) is 2.61. The van der Waals surface area contributed by atoms with Crippen LogP contribution in [0.4, 0.5) is 10.7 Å². The maximum absolute atomic E-state index is 12.4. The van der Waals surface area contributed by atoms with Gasteiger partial charge in [0.1, 0.15) is 10.8 Å². The molecule has 0 radical (unpaired) electrons. The zero-order chi connectivity index (χ0) is 17.1. The molecule has 2 aromatic rings. The molecule has 1 aliphatic rings. The highest BCUT2D eigenvalue weighted by molar-refractivity contribution is 7.14. The summed E-state index contributed by atoms with van der Waals surface area (Å²) in [6, 6.07) is 7.37. The standard InChI is InChI=1S/C17H19N3O3S/c1-3-12-16(24-10-18-12)19-15(21)8-9-20-13-6-4-5-7-14(13)23-11(2)17(20)22/h4-7,10-11H,3,8-9H2,1-2H3,(H,19,21)/t11-/m1/s1. The second kappa shape index (κ2) is 7.00. The van der Waals surface area contributed by atoms with Crippen molar-refractivity contribution in [2.45, 2.75) is 32.8 Å². The second-order valence-corrected chi connectivity index (χ2v) is 6.35. The molecule has 1 aromatic heterocycles. The highest BCUT2D eigenvalue weighted by Crippen LogP contribution is 2.33. The normalized spacial score (nSPS) is 16.5. The topological polar surface area (TPSA) is 71.5 Å². The second-order valence-electron chi connectivity index (χ2n) is 5.50. The Morgan fingerprint density at radius 1 is 1.42 bits per heavy atom. The summed E-state index contributed by atoms with van der Waals surface area (Å²) in [5, 5.41) is 3.66. The molecule has 0 aliphatic carbocycles. The Kier molecular flexibility index (Phi) is 4.80. The predicted molar refractivity (Wildman–Crippen MR) is 93.6 cm³/mol. The minimum Gasteiger partial charge on any atom is -0.479 e. The van der Waals surface area contributed by atoms with Crippen LogP contribution in [0.3, 0.4) is 0 Å². The van der Waals surface area contributed by atoms with Gasteiger partial charge in [0.25, 0.3) is 5.91 Å². The van der Waals surface area contributed by atoms with Crippen molar-refractivity contribution in [1.29, 1.82) is 0 Å². The molecule has 7 heteroatoms. The molecule has 0 bridgehead atoms. The molecule has 1 aromatic carbocycles. The molecule has 0 unspecified atom stereocenters. The van der Waals surface area contributed by atoms with Crippen molar-refractivity contribution in [2.75, 3.05) is 16.8 Å². The fourth-order valence-corrected chi connectivity index (χ4v) is 3.41. The summed E-state index contributed by atoms with van der Waals surface area (Å²) in [7, 11) is 0. The molecule has 2 heterocycles. The first kappa shape index (κ1) is 16.4. The van der Waals surface area contributed by atoms with E-state index in [0.717, 1.165) is 17.1 Å². The Morgan fingerprint density at radius 3 is 3.00 bits per heavy atom. The van der Waals surface area contributed by atoms with Gasteiger partial charge in [-0.2, -0.15) is 0 Å². The first-order chi connectivity index (χ1) is 11.6. The number of amides is 2. The van der Waals surface area contributed by atoms with E-state index in [0.29, 0.717) is 18.0 Å². The number of carbonyl (C=O) groups is 2. The van der Waals surface area contributed by atoms with Crippen LogP contribution in [0.1, 0.15) is 26.0 Å². The van der Waals surface area contributed by atoms with Crippen molar-refractivity contribution in [3.8, 4) is 5.75 Å². The number of thiazole rings is 1. The van der Waals surface area contributed by atoms with Crippen LogP contribution in [0.15, 0.2) is 29.8 Å². The number of hydrogen-bond acceptors (Lipinski definition) is 5. The Morgan fingerprint density at radius 2 is 2.21 bits per heavy atom. The number of hydrogen-bond donors (Lipinski definition) is 1. The van der Waals surface area contributed by atoms with Crippen molar-refractivity contribution >= 4 is 33.8 Å². The van der Waals surface area contributed by atoms with E-state index in [9.17, 15) is 9.59 Å². The number of nitrogens with zero attached hydrogens (tertiary/aromatic N) is 2. The maximum Gasteiger partial charge on any atom is 0.267 e. The van der Waals surface area contributed by atoms with Gasteiger partial charge in [-0.1, -0.05) is 19.1 Å². The molecule has 2 amide bonds. The smallest absolute Gasteiger partial charge is 0.267 e. The molecule has 1 atom stereocenters. The Hall–Kier alpha value is -2.41. The predicted octanol–water partition coefficient (Wildman–Crippen LogP) is 2.85. The van der Waals surface area contributed by atoms with E-state index in [1.54, 1.807) is 17.3 Å². The lowest BCUT2D eigenvalue weighted by molar-refractivity contribution is -0.125. The summed E-state index contributed by atoms with van der Waals surface area (Å²) in [6.07, 6.45) is 0.441. The number of anilines is 2. The van der Waals surface area contributed by atoms with Crippen molar-refractivity contribution in [3.63, 3.8) is 0 Å². The summed E-state index contributed by atoms with van der Waals surface area (Å²) >= 11 is 1.41. The molecule has 3 rings (SSSR count). The number of ether oxygens (including phenoxy) is 1. The Labute approximate surface area is 144 Å². The number of benzene rings is 1. The molecule has 1 N–H and O–H groups in total. The zero-order valence-corrected chi connectivity index (χ0v) is 14.4. The number of fused-ring (bicyclic) bond motifs is 1. The van der Waals surface area contributed by atoms with Crippen LogP contribution >= 0.6 is 11.3 Å². The van der Waals surface area contributed by atoms with Crippen LogP contribution in [-0.4, -0.2) is 29.4 Å². The first-order valence-electron chi connectivity index (χ1n) is 7.89. The molecular weight excluding hydrogens is 326 g/mol. The van der Waals surface area contributed by atoms with E-state index >= 15 is 0 Å². The van der Waals surface area contributed by atoms with Gasteiger partial charge >= 0.3 is 0 Å². The average Bonchev–Trinajstić information content (AvgIpc) is 3.02. The van der Waals surface area contributed by atoms with Crippen molar-refractivity contribution in [3.05, 3.63) is 35.5 Å². The molecular formula is C17H19N3O3S.